The highest BCUT2D eigenvalue weighted by Gasteiger charge is 2.49. The van der Waals surface area contributed by atoms with Crippen LogP contribution in [0.4, 0.5) is 0 Å². The minimum absolute atomic E-state index is 0.0884. The lowest BCUT2D eigenvalue weighted by molar-refractivity contribution is -0.277. The Labute approximate surface area is 272 Å². The molecule has 242 valence electrons. The molecule has 0 saturated carbocycles. The van der Waals surface area contributed by atoms with Crippen LogP contribution >= 0.6 is 0 Å². The third-order valence-electron chi connectivity index (χ3n) is 7.94. The van der Waals surface area contributed by atoms with Crippen LogP contribution in [0, 0.1) is 0 Å². The summed E-state index contributed by atoms with van der Waals surface area (Å²) in [5.41, 5.74) is 4.13. The van der Waals surface area contributed by atoms with Gasteiger partial charge >= 0.3 is 0 Å². The molecule has 7 heteroatoms. The number of hydrogen-bond donors (Lipinski definition) is 1. The summed E-state index contributed by atoms with van der Waals surface area (Å²) in [6, 6.07) is 40.1. The van der Waals surface area contributed by atoms with Crippen LogP contribution in [0.15, 0.2) is 121 Å². The van der Waals surface area contributed by atoms with E-state index in [2.05, 4.69) is 12.2 Å². The van der Waals surface area contributed by atoms with Gasteiger partial charge in [0.25, 0.3) is 0 Å². The zero-order valence-corrected chi connectivity index (χ0v) is 26.5. The molecule has 1 aliphatic rings. The van der Waals surface area contributed by atoms with Crippen LogP contribution in [-0.2, 0) is 54.9 Å². The maximum absolute atomic E-state index is 13.1. The van der Waals surface area contributed by atoms with Gasteiger partial charge in [-0.1, -0.05) is 135 Å². The Morgan fingerprint density at radius 3 is 1.52 bits per heavy atom. The van der Waals surface area contributed by atoms with Gasteiger partial charge in [-0.2, -0.15) is 0 Å². The van der Waals surface area contributed by atoms with Gasteiger partial charge in [0.1, 0.15) is 24.4 Å². The molecule has 5 rings (SSSR count). The van der Waals surface area contributed by atoms with E-state index in [0.717, 1.165) is 35.1 Å². The molecular weight excluding hydrogens is 578 g/mol. The largest absolute Gasteiger partial charge is 0.374 e. The molecule has 4 aromatic rings. The van der Waals surface area contributed by atoms with E-state index < -0.39 is 30.6 Å². The van der Waals surface area contributed by atoms with E-state index in [-0.39, 0.29) is 12.5 Å². The van der Waals surface area contributed by atoms with E-state index in [4.69, 9.17) is 23.7 Å². The Bertz CT molecular complexity index is 1410. The molecule has 0 aromatic heterocycles. The molecule has 46 heavy (non-hydrogen) atoms. The Morgan fingerprint density at radius 1 is 0.609 bits per heavy atom. The lowest BCUT2D eigenvalue weighted by Crippen LogP contribution is -2.65. The first-order valence-electron chi connectivity index (χ1n) is 16.2. The van der Waals surface area contributed by atoms with Gasteiger partial charge in [0.2, 0.25) is 5.91 Å². The predicted molar refractivity (Wildman–Crippen MR) is 177 cm³/mol. The monoisotopic (exact) mass is 623 g/mol. The molecule has 0 spiro atoms. The third kappa shape index (κ3) is 10.3. The highest BCUT2D eigenvalue weighted by molar-refractivity contribution is 5.76. The summed E-state index contributed by atoms with van der Waals surface area (Å²) in [5, 5.41) is 3.12. The molecule has 0 radical (unpaired) electrons. The van der Waals surface area contributed by atoms with Crippen LogP contribution < -0.4 is 5.32 Å². The van der Waals surface area contributed by atoms with E-state index in [9.17, 15) is 4.79 Å². The normalized spacial score (nSPS) is 21.1. The second-order valence-electron chi connectivity index (χ2n) is 11.6. The fourth-order valence-electron chi connectivity index (χ4n) is 5.47. The summed E-state index contributed by atoms with van der Waals surface area (Å²) < 4.78 is 32.9. The van der Waals surface area contributed by atoms with E-state index in [1.54, 1.807) is 0 Å². The lowest BCUT2D eigenvalue weighted by atomic mass is 9.96. The second-order valence-corrected chi connectivity index (χ2v) is 11.6. The van der Waals surface area contributed by atoms with E-state index in [1.807, 2.05) is 121 Å². The summed E-state index contributed by atoms with van der Waals surface area (Å²) in [6.07, 6.45) is -0.985. The molecule has 1 heterocycles. The minimum Gasteiger partial charge on any atom is -0.374 e. The fraction of sp³-hybridized carbons (Fsp3) is 0.359. The Kier molecular flexibility index (Phi) is 13.4. The predicted octanol–water partition coefficient (Wildman–Crippen LogP) is 6.99. The van der Waals surface area contributed by atoms with Crippen molar-refractivity contribution in [2.75, 3.05) is 6.61 Å². The average molecular weight is 624 g/mol. The van der Waals surface area contributed by atoms with Crippen molar-refractivity contribution in [3.63, 3.8) is 0 Å². The number of carbonyl (C=O) groups is 1. The highest BCUT2D eigenvalue weighted by atomic mass is 16.6. The van der Waals surface area contributed by atoms with Gasteiger partial charge in [0.05, 0.1) is 33.0 Å². The fourth-order valence-corrected chi connectivity index (χ4v) is 5.47. The van der Waals surface area contributed by atoms with Crippen molar-refractivity contribution in [1.29, 1.82) is 0 Å². The van der Waals surface area contributed by atoms with Crippen molar-refractivity contribution in [2.45, 2.75) is 83.3 Å². The van der Waals surface area contributed by atoms with E-state index >= 15 is 0 Å². The van der Waals surface area contributed by atoms with Crippen molar-refractivity contribution in [1.82, 2.24) is 5.32 Å². The molecule has 0 unspecified atom stereocenters. The Morgan fingerprint density at radius 2 is 1.04 bits per heavy atom. The Hall–Kier alpha value is -3.85. The summed E-state index contributed by atoms with van der Waals surface area (Å²) in [7, 11) is 0. The highest BCUT2D eigenvalue weighted by Crippen LogP contribution is 2.30. The molecule has 1 N–H and O–H groups in total. The number of ether oxygens (including phenoxy) is 5. The number of nitrogens with one attached hydrogen (secondary N) is 1. The maximum Gasteiger partial charge on any atom is 0.222 e. The van der Waals surface area contributed by atoms with Crippen molar-refractivity contribution in [2.24, 2.45) is 0 Å². The second kappa shape index (κ2) is 18.3. The standard InChI is InChI=1S/C39H45NO6/c1-2-3-24-35(41)40-39-38(45-28-33-22-14-7-15-23-33)37(44-27-32-20-12-6-13-21-32)36(43-26-31-18-10-5-11-19-31)34(46-39)29-42-25-30-16-8-4-9-17-30/h4-23,34,36-39H,2-3,24-29H2,1H3,(H,40,41)/t34-,36-,37+,38-,39+/m1/s1. The quantitative estimate of drug-likeness (QED) is 0.137. The maximum atomic E-state index is 13.1. The van der Waals surface area contributed by atoms with Gasteiger partial charge in [-0.15, -0.1) is 0 Å². The molecule has 7 nitrogen and oxygen atoms in total. The zero-order valence-electron chi connectivity index (χ0n) is 26.5. The number of benzene rings is 4. The van der Waals surface area contributed by atoms with Crippen molar-refractivity contribution < 1.29 is 28.5 Å². The summed E-state index contributed by atoms with van der Waals surface area (Å²) >= 11 is 0. The van der Waals surface area contributed by atoms with E-state index in [1.165, 1.54) is 0 Å². The topological polar surface area (TPSA) is 75.3 Å². The van der Waals surface area contributed by atoms with Crippen molar-refractivity contribution >= 4 is 5.91 Å². The molecular formula is C39H45NO6. The molecule has 1 amide bonds. The first-order chi connectivity index (χ1) is 22.7. The van der Waals surface area contributed by atoms with Crippen LogP contribution in [0.1, 0.15) is 48.4 Å². The first kappa shape index (κ1) is 33.5. The van der Waals surface area contributed by atoms with Gasteiger partial charge in [0, 0.05) is 6.42 Å². The number of unbranched alkanes of at least 4 members (excludes halogenated alkanes) is 1. The van der Waals surface area contributed by atoms with Crippen LogP contribution in [0.5, 0.6) is 0 Å². The number of rotatable bonds is 17. The number of amides is 1. The zero-order chi connectivity index (χ0) is 31.8. The van der Waals surface area contributed by atoms with Gasteiger partial charge in [0.15, 0.2) is 6.23 Å². The molecule has 1 saturated heterocycles. The number of carbonyl (C=O) groups excluding carboxylic acids is 1. The lowest BCUT2D eigenvalue weighted by Gasteiger charge is -2.46. The van der Waals surface area contributed by atoms with Crippen molar-refractivity contribution in [3.8, 4) is 0 Å². The number of hydrogen-bond acceptors (Lipinski definition) is 6. The summed E-state index contributed by atoms with van der Waals surface area (Å²) in [4.78, 5) is 13.1. The van der Waals surface area contributed by atoms with Crippen molar-refractivity contribution in [3.05, 3.63) is 144 Å². The molecule has 0 aliphatic carbocycles. The first-order valence-corrected chi connectivity index (χ1v) is 16.2. The SMILES string of the molecule is CCCCC(=O)N[C@H]1O[C@H](COCc2ccccc2)[C@@H](OCc2ccccc2)[C@H](OCc2ccccc2)[C@H]1OCc1ccccc1. The van der Waals surface area contributed by atoms with Crippen LogP contribution in [0.25, 0.3) is 0 Å². The average Bonchev–Trinajstić information content (AvgIpc) is 3.10. The molecule has 1 aliphatic heterocycles. The molecule has 5 atom stereocenters. The van der Waals surface area contributed by atoms with Gasteiger partial charge in [-0.25, -0.2) is 0 Å². The van der Waals surface area contributed by atoms with Gasteiger partial charge in [-0.3, -0.25) is 4.79 Å². The smallest absolute Gasteiger partial charge is 0.222 e. The van der Waals surface area contributed by atoms with Crippen LogP contribution in [0.3, 0.4) is 0 Å². The molecule has 4 aromatic carbocycles. The molecule has 0 bridgehead atoms. The van der Waals surface area contributed by atoms with Gasteiger partial charge < -0.3 is 29.0 Å². The van der Waals surface area contributed by atoms with E-state index in [0.29, 0.717) is 32.8 Å². The molecule has 1 fully saturated rings. The summed E-state index contributed by atoms with van der Waals surface area (Å²) in [5.74, 6) is -0.0884. The van der Waals surface area contributed by atoms with Gasteiger partial charge in [-0.05, 0) is 28.7 Å². The third-order valence-corrected chi connectivity index (χ3v) is 7.94. The van der Waals surface area contributed by atoms with Crippen LogP contribution in [-0.4, -0.2) is 43.2 Å². The Balaban J connectivity index is 1.44. The van der Waals surface area contributed by atoms with Crippen LogP contribution in [0.2, 0.25) is 0 Å². The summed E-state index contributed by atoms with van der Waals surface area (Å²) in [6.45, 7) is 3.75. The minimum atomic E-state index is -0.768.